The second kappa shape index (κ2) is 7.81. The molecule has 0 radical (unpaired) electrons. The first-order chi connectivity index (χ1) is 13.0. The zero-order valence-electron chi connectivity index (χ0n) is 14.9. The monoisotopic (exact) mass is 369 g/mol. The molecule has 3 rings (SSSR count). The fraction of sp³-hybridized carbons (Fsp3) is 0.278. The number of carbonyl (C=O) groups excluding carboxylic acids is 1. The number of nitrogens with one attached hydrogen (secondary N) is 1. The largest absolute Gasteiger partial charge is 0.475 e. The van der Waals surface area contributed by atoms with Gasteiger partial charge in [-0.2, -0.15) is 4.80 Å². The van der Waals surface area contributed by atoms with Crippen molar-refractivity contribution in [1.29, 1.82) is 0 Å². The van der Waals surface area contributed by atoms with Crippen molar-refractivity contribution in [1.82, 2.24) is 25.5 Å². The molecule has 0 saturated carbocycles. The van der Waals surface area contributed by atoms with Gasteiger partial charge in [0.1, 0.15) is 5.76 Å². The SMILES string of the molecule is CC(C)C(C(=O)NCc1ccc(C(=O)O)o1)n1nnc(-c2ccccc2)n1. The molecular formula is C18H19N5O4. The van der Waals surface area contributed by atoms with Crippen LogP contribution in [0.15, 0.2) is 46.9 Å². The lowest BCUT2D eigenvalue weighted by Gasteiger charge is -2.18. The smallest absolute Gasteiger partial charge is 0.371 e. The van der Waals surface area contributed by atoms with E-state index in [2.05, 4.69) is 20.7 Å². The van der Waals surface area contributed by atoms with Crippen LogP contribution in [0.2, 0.25) is 0 Å². The van der Waals surface area contributed by atoms with Gasteiger partial charge in [0.15, 0.2) is 6.04 Å². The second-order valence-electron chi connectivity index (χ2n) is 6.28. The number of amides is 1. The molecule has 2 aromatic heterocycles. The molecule has 0 bridgehead atoms. The van der Waals surface area contributed by atoms with Crippen LogP contribution in [0.5, 0.6) is 0 Å². The minimum absolute atomic E-state index is 0.0651. The first kappa shape index (κ1) is 18.3. The molecule has 0 saturated heterocycles. The predicted molar refractivity (Wildman–Crippen MR) is 94.6 cm³/mol. The third-order valence-corrected chi connectivity index (χ3v) is 3.92. The third kappa shape index (κ3) is 4.20. The molecule has 0 spiro atoms. The number of aromatic nitrogens is 4. The summed E-state index contributed by atoms with van der Waals surface area (Å²) < 4.78 is 5.14. The van der Waals surface area contributed by atoms with E-state index in [4.69, 9.17) is 9.52 Å². The van der Waals surface area contributed by atoms with Crippen molar-refractivity contribution < 1.29 is 19.1 Å². The van der Waals surface area contributed by atoms with E-state index in [1.165, 1.54) is 16.9 Å². The molecule has 1 unspecified atom stereocenters. The van der Waals surface area contributed by atoms with E-state index < -0.39 is 12.0 Å². The standard InChI is InChI=1S/C18H19N5O4/c1-11(2)15(17(24)19-10-13-8-9-14(27-13)18(25)26)23-21-16(20-22-23)12-6-4-3-5-7-12/h3-9,11,15H,10H2,1-2H3,(H,19,24)(H,25,26). The molecule has 2 heterocycles. The van der Waals surface area contributed by atoms with E-state index in [0.29, 0.717) is 11.6 Å². The van der Waals surface area contributed by atoms with Crippen LogP contribution < -0.4 is 5.32 Å². The Morgan fingerprint density at radius 2 is 1.93 bits per heavy atom. The van der Waals surface area contributed by atoms with Crippen LogP contribution in [0.3, 0.4) is 0 Å². The highest BCUT2D eigenvalue weighted by Gasteiger charge is 2.27. The lowest BCUT2D eigenvalue weighted by atomic mass is 10.0. The first-order valence-corrected chi connectivity index (χ1v) is 8.40. The van der Waals surface area contributed by atoms with Gasteiger partial charge in [0, 0.05) is 5.56 Å². The number of rotatable bonds is 7. The highest BCUT2D eigenvalue weighted by atomic mass is 16.4. The lowest BCUT2D eigenvalue weighted by Crippen LogP contribution is -2.36. The fourth-order valence-corrected chi connectivity index (χ4v) is 2.59. The summed E-state index contributed by atoms with van der Waals surface area (Å²) in [7, 11) is 0. The van der Waals surface area contributed by atoms with E-state index in [0.717, 1.165) is 5.56 Å². The van der Waals surface area contributed by atoms with E-state index >= 15 is 0 Å². The summed E-state index contributed by atoms with van der Waals surface area (Å²) >= 11 is 0. The molecule has 0 fully saturated rings. The van der Waals surface area contributed by atoms with Crippen molar-refractivity contribution in [2.24, 2.45) is 5.92 Å². The molecule has 9 heteroatoms. The van der Waals surface area contributed by atoms with Crippen LogP contribution >= 0.6 is 0 Å². The van der Waals surface area contributed by atoms with Crippen molar-refractivity contribution in [2.75, 3.05) is 0 Å². The zero-order chi connectivity index (χ0) is 19.4. The maximum Gasteiger partial charge on any atom is 0.371 e. The van der Waals surface area contributed by atoms with Gasteiger partial charge in [-0.1, -0.05) is 44.2 Å². The average Bonchev–Trinajstić information content (AvgIpc) is 3.30. The predicted octanol–water partition coefficient (Wildman–Crippen LogP) is 2.14. The minimum atomic E-state index is -1.16. The summed E-state index contributed by atoms with van der Waals surface area (Å²) in [5.41, 5.74) is 0.809. The van der Waals surface area contributed by atoms with Gasteiger partial charge in [-0.05, 0) is 23.3 Å². The van der Waals surface area contributed by atoms with Gasteiger partial charge in [-0.15, -0.1) is 10.2 Å². The average molecular weight is 369 g/mol. The normalized spacial score (nSPS) is 12.1. The fourth-order valence-electron chi connectivity index (χ4n) is 2.59. The van der Waals surface area contributed by atoms with Crippen LogP contribution in [0.1, 0.15) is 36.2 Å². The number of hydrogen-bond acceptors (Lipinski definition) is 6. The molecule has 0 aliphatic rings. The van der Waals surface area contributed by atoms with Gasteiger partial charge in [0.2, 0.25) is 17.5 Å². The number of carboxylic acids is 1. The number of tetrazole rings is 1. The molecule has 0 aliphatic heterocycles. The van der Waals surface area contributed by atoms with E-state index in [-0.39, 0.29) is 24.1 Å². The molecule has 1 amide bonds. The molecule has 0 aliphatic carbocycles. The number of carboxylic acid groups (broad SMARTS) is 1. The zero-order valence-corrected chi connectivity index (χ0v) is 14.9. The van der Waals surface area contributed by atoms with Gasteiger partial charge < -0.3 is 14.8 Å². The molecule has 1 atom stereocenters. The number of nitrogens with zero attached hydrogens (tertiary/aromatic N) is 4. The van der Waals surface area contributed by atoms with Crippen LogP contribution in [0.25, 0.3) is 11.4 Å². The Labute approximate surface area is 155 Å². The summed E-state index contributed by atoms with van der Waals surface area (Å²) in [4.78, 5) is 24.8. The van der Waals surface area contributed by atoms with Gasteiger partial charge in [0.05, 0.1) is 6.54 Å². The Morgan fingerprint density at radius 3 is 2.56 bits per heavy atom. The molecule has 1 aromatic carbocycles. The second-order valence-corrected chi connectivity index (χ2v) is 6.28. The maximum atomic E-state index is 12.6. The molecule has 2 N–H and O–H groups in total. The molecule has 9 nitrogen and oxygen atoms in total. The summed E-state index contributed by atoms with van der Waals surface area (Å²) in [5.74, 6) is -0.951. The van der Waals surface area contributed by atoms with Gasteiger partial charge >= 0.3 is 5.97 Å². The number of aromatic carboxylic acids is 1. The number of carbonyl (C=O) groups is 2. The molecular weight excluding hydrogens is 350 g/mol. The topological polar surface area (TPSA) is 123 Å². The summed E-state index contributed by atoms with van der Waals surface area (Å²) in [5, 5.41) is 24.0. The minimum Gasteiger partial charge on any atom is -0.475 e. The van der Waals surface area contributed by atoms with Gasteiger partial charge in [-0.25, -0.2) is 4.79 Å². The quantitative estimate of drug-likeness (QED) is 0.654. The Balaban J connectivity index is 1.72. The Morgan fingerprint density at radius 1 is 1.19 bits per heavy atom. The van der Waals surface area contributed by atoms with Crippen molar-refractivity contribution in [2.45, 2.75) is 26.4 Å². The number of furan rings is 1. The molecule has 27 heavy (non-hydrogen) atoms. The van der Waals surface area contributed by atoms with E-state index in [9.17, 15) is 9.59 Å². The van der Waals surface area contributed by atoms with Gasteiger partial charge in [0.25, 0.3) is 0 Å². The van der Waals surface area contributed by atoms with Gasteiger partial charge in [-0.3, -0.25) is 4.79 Å². The van der Waals surface area contributed by atoms with Crippen molar-refractivity contribution >= 4 is 11.9 Å². The van der Waals surface area contributed by atoms with Crippen LogP contribution in [0.4, 0.5) is 0 Å². The Hall–Kier alpha value is -3.49. The van der Waals surface area contributed by atoms with E-state index in [1.807, 2.05) is 44.2 Å². The third-order valence-electron chi connectivity index (χ3n) is 3.92. The van der Waals surface area contributed by atoms with Crippen molar-refractivity contribution in [3.8, 4) is 11.4 Å². The van der Waals surface area contributed by atoms with Crippen molar-refractivity contribution in [3.05, 3.63) is 54.0 Å². The Kier molecular flexibility index (Phi) is 5.30. The summed E-state index contributed by atoms with van der Waals surface area (Å²) in [6, 6.07) is 11.6. The number of hydrogen-bond donors (Lipinski definition) is 2. The number of benzene rings is 1. The Bertz CT molecular complexity index is 932. The maximum absolute atomic E-state index is 12.6. The summed E-state index contributed by atoms with van der Waals surface area (Å²) in [6.45, 7) is 3.83. The van der Waals surface area contributed by atoms with Crippen LogP contribution in [-0.2, 0) is 11.3 Å². The highest BCUT2D eigenvalue weighted by Crippen LogP contribution is 2.19. The van der Waals surface area contributed by atoms with E-state index in [1.54, 1.807) is 0 Å². The molecule has 3 aromatic rings. The highest BCUT2D eigenvalue weighted by molar-refractivity contribution is 5.84. The lowest BCUT2D eigenvalue weighted by molar-refractivity contribution is -0.126. The summed E-state index contributed by atoms with van der Waals surface area (Å²) in [6.07, 6.45) is 0. The van der Waals surface area contributed by atoms with Crippen molar-refractivity contribution in [3.63, 3.8) is 0 Å². The molecule has 140 valence electrons. The van der Waals surface area contributed by atoms with Crippen LogP contribution in [-0.4, -0.2) is 37.2 Å². The first-order valence-electron chi connectivity index (χ1n) is 8.40. The van der Waals surface area contributed by atoms with Crippen LogP contribution in [0, 0.1) is 5.92 Å².